The van der Waals surface area contributed by atoms with Crippen LogP contribution < -0.4 is 9.80 Å². The minimum atomic E-state index is 0.0608. The number of nitrogens with zero attached hydrogens (tertiary/aromatic N) is 5. The van der Waals surface area contributed by atoms with E-state index in [9.17, 15) is 9.59 Å². The van der Waals surface area contributed by atoms with Crippen molar-refractivity contribution in [2.75, 3.05) is 43.0 Å². The first-order valence-corrected chi connectivity index (χ1v) is 14.8. The lowest BCUT2D eigenvalue weighted by Gasteiger charge is -2.35. The molecule has 0 unspecified atom stereocenters. The minimum absolute atomic E-state index is 0.0608. The monoisotopic (exact) mass is 499 g/mol. The number of piperazine rings is 1. The smallest absolute Gasteiger partial charge is 0.232 e. The van der Waals surface area contributed by atoms with Crippen molar-refractivity contribution in [2.24, 2.45) is 0 Å². The van der Waals surface area contributed by atoms with Crippen LogP contribution in [0.3, 0.4) is 0 Å². The second kappa shape index (κ2) is 15.8. The van der Waals surface area contributed by atoms with Gasteiger partial charge >= 0.3 is 0 Å². The molecule has 0 aromatic carbocycles. The van der Waals surface area contributed by atoms with Gasteiger partial charge in [-0.05, 0) is 6.42 Å². The fourth-order valence-electron chi connectivity index (χ4n) is 5.32. The zero-order valence-electron chi connectivity index (χ0n) is 23.0. The van der Waals surface area contributed by atoms with E-state index in [2.05, 4.69) is 21.8 Å². The second-order valence-corrected chi connectivity index (χ2v) is 10.7. The zero-order chi connectivity index (χ0) is 25.6. The highest BCUT2D eigenvalue weighted by atomic mass is 16.2. The van der Waals surface area contributed by atoms with Gasteiger partial charge in [-0.25, -0.2) is 4.98 Å². The van der Waals surface area contributed by atoms with E-state index in [-0.39, 0.29) is 11.8 Å². The Morgan fingerprint density at radius 3 is 1.89 bits per heavy atom. The van der Waals surface area contributed by atoms with Crippen molar-refractivity contribution in [3.8, 4) is 0 Å². The first-order valence-electron chi connectivity index (χ1n) is 14.8. The summed E-state index contributed by atoms with van der Waals surface area (Å²) in [4.78, 5) is 39.3. The number of hydrogen-bond donors (Lipinski definition) is 0. The van der Waals surface area contributed by atoms with E-state index < -0.39 is 0 Å². The summed E-state index contributed by atoms with van der Waals surface area (Å²) in [5.41, 5.74) is 0.892. The number of rotatable bonds is 17. The van der Waals surface area contributed by atoms with Crippen molar-refractivity contribution in [2.45, 2.75) is 116 Å². The summed E-state index contributed by atoms with van der Waals surface area (Å²) < 4.78 is 0. The molecule has 0 N–H and O–H groups in total. The summed E-state index contributed by atoms with van der Waals surface area (Å²) in [7, 11) is 1.76. The van der Waals surface area contributed by atoms with Gasteiger partial charge < -0.3 is 9.80 Å². The van der Waals surface area contributed by atoms with Gasteiger partial charge in [-0.1, -0.05) is 96.8 Å². The molecular weight excluding hydrogens is 450 g/mol. The summed E-state index contributed by atoms with van der Waals surface area (Å²) in [6, 6.07) is 0. The molecule has 2 aliphatic heterocycles. The van der Waals surface area contributed by atoms with Crippen LogP contribution in [0.5, 0.6) is 0 Å². The molecule has 0 spiro atoms. The summed E-state index contributed by atoms with van der Waals surface area (Å²) in [5, 5.41) is 0. The van der Waals surface area contributed by atoms with Gasteiger partial charge in [0.1, 0.15) is 5.82 Å². The molecule has 3 rings (SSSR count). The Morgan fingerprint density at radius 1 is 0.806 bits per heavy atom. The number of aromatic nitrogens is 2. The predicted octanol–water partition coefficient (Wildman–Crippen LogP) is 5.91. The Morgan fingerprint density at radius 2 is 1.33 bits per heavy atom. The Hall–Kier alpha value is -2.18. The number of fused-ring (bicyclic) bond motifs is 1. The number of unbranched alkanes of at least 4 members (excludes halogenated alkanes) is 14. The van der Waals surface area contributed by atoms with Gasteiger partial charge in [0, 0.05) is 51.4 Å². The van der Waals surface area contributed by atoms with Crippen LogP contribution >= 0.6 is 0 Å². The van der Waals surface area contributed by atoms with E-state index in [0.29, 0.717) is 31.9 Å². The van der Waals surface area contributed by atoms with Crippen molar-refractivity contribution in [3.05, 3.63) is 11.8 Å². The van der Waals surface area contributed by atoms with Crippen LogP contribution in [-0.4, -0.2) is 59.9 Å². The van der Waals surface area contributed by atoms with Crippen LogP contribution in [-0.2, 0) is 16.0 Å². The van der Waals surface area contributed by atoms with Gasteiger partial charge in [0.15, 0.2) is 0 Å². The molecule has 3 heterocycles. The standard InChI is InChI=1S/C29H49N5O2/c1-3-4-5-6-7-8-9-10-11-12-13-14-15-16-17-18-26(35)33-19-21-34(22-20-33)29-30-24-25-23-27(36)32(2)28(25)31-29/h24H,3-23H2,1-2H3. The number of carbonyl (C=O) groups excluding carboxylic acids is 2. The van der Waals surface area contributed by atoms with E-state index >= 15 is 0 Å². The highest BCUT2D eigenvalue weighted by molar-refractivity contribution is 5.99. The van der Waals surface area contributed by atoms with E-state index in [4.69, 9.17) is 0 Å². The Balaban J connectivity index is 1.17. The number of hydrogen-bond acceptors (Lipinski definition) is 5. The summed E-state index contributed by atoms with van der Waals surface area (Å²) in [6.45, 7) is 5.18. The van der Waals surface area contributed by atoms with Crippen LogP contribution in [0.15, 0.2) is 6.20 Å². The molecule has 0 atom stereocenters. The molecule has 1 aromatic heterocycles. The quantitative estimate of drug-likeness (QED) is 0.249. The predicted molar refractivity (Wildman–Crippen MR) is 147 cm³/mol. The third kappa shape index (κ3) is 9.04. The van der Waals surface area contributed by atoms with E-state index in [1.54, 1.807) is 18.1 Å². The fraction of sp³-hybridized carbons (Fsp3) is 0.793. The zero-order valence-corrected chi connectivity index (χ0v) is 23.0. The lowest BCUT2D eigenvalue weighted by atomic mass is 10.0. The van der Waals surface area contributed by atoms with Crippen molar-refractivity contribution in [1.82, 2.24) is 14.9 Å². The average Bonchev–Trinajstić information content (AvgIpc) is 3.18. The summed E-state index contributed by atoms with van der Waals surface area (Å²) in [6.07, 6.45) is 22.9. The molecule has 202 valence electrons. The highest BCUT2D eigenvalue weighted by Crippen LogP contribution is 2.26. The van der Waals surface area contributed by atoms with Crippen LogP contribution in [0.25, 0.3) is 0 Å². The van der Waals surface area contributed by atoms with Crippen molar-refractivity contribution in [1.29, 1.82) is 0 Å². The maximum atomic E-state index is 12.6. The van der Waals surface area contributed by atoms with Crippen LogP contribution in [0.2, 0.25) is 0 Å². The average molecular weight is 500 g/mol. The Bertz CT molecular complexity index is 807. The van der Waals surface area contributed by atoms with Gasteiger partial charge in [0.05, 0.1) is 6.42 Å². The fourth-order valence-corrected chi connectivity index (χ4v) is 5.32. The first kappa shape index (κ1) is 28.4. The molecule has 36 heavy (non-hydrogen) atoms. The highest BCUT2D eigenvalue weighted by Gasteiger charge is 2.28. The topological polar surface area (TPSA) is 69.6 Å². The maximum Gasteiger partial charge on any atom is 0.232 e. The molecule has 2 aliphatic rings. The van der Waals surface area contributed by atoms with Crippen molar-refractivity contribution in [3.63, 3.8) is 0 Å². The van der Waals surface area contributed by atoms with Crippen molar-refractivity contribution < 1.29 is 9.59 Å². The van der Waals surface area contributed by atoms with Gasteiger partial charge in [0.25, 0.3) is 0 Å². The Kier molecular flexibility index (Phi) is 12.5. The maximum absolute atomic E-state index is 12.6. The van der Waals surface area contributed by atoms with E-state index in [1.807, 2.05) is 4.90 Å². The molecular formula is C29H49N5O2. The second-order valence-electron chi connectivity index (χ2n) is 10.7. The van der Waals surface area contributed by atoms with Crippen molar-refractivity contribution >= 4 is 23.6 Å². The number of likely N-dealkylation sites (N-methyl/N-ethyl adjacent to an activating group) is 1. The number of anilines is 2. The third-order valence-corrected chi connectivity index (χ3v) is 7.77. The Labute approximate surface area is 219 Å². The lowest BCUT2D eigenvalue weighted by Crippen LogP contribution is -2.49. The van der Waals surface area contributed by atoms with Gasteiger partial charge in [-0.3, -0.25) is 14.5 Å². The van der Waals surface area contributed by atoms with Gasteiger partial charge in [-0.15, -0.1) is 0 Å². The number of carbonyl (C=O) groups is 2. The molecule has 0 aliphatic carbocycles. The molecule has 1 aromatic rings. The minimum Gasteiger partial charge on any atom is -0.339 e. The largest absolute Gasteiger partial charge is 0.339 e. The summed E-state index contributed by atoms with van der Waals surface area (Å²) in [5.74, 6) is 1.72. The van der Waals surface area contributed by atoms with E-state index in [0.717, 1.165) is 30.9 Å². The normalized spacial score (nSPS) is 15.6. The van der Waals surface area contributed by atoms with E-state index in [1.165, 1.54) is 89.9 Å². The SMILES string of the molecule is CCCCCCCCCCCCCCCCCC(=O)N1CCN(c2ncc3c(n2)N(C)C(=O)C3)CC1. The number of amides is 2. The lowest BCUT2D eigenvalue weighted by molar-refractivity contribution is -0.131. The molecule has 0 bridgehead atoms. The molecule has 0 saturated carbocycles. The van der Waals surface area contributed by atoms with Crippen LogP contribution in [0.4, 0.5) is 11.8 Å². The molecule has 7 heteroatoms. The first-order chi connectivity index (χ1) is 17.6. The van der Waals surface area contributed by atoms with Crippen LogP contribution in [0, 0.1) is 0 Å². The molecule has 1 fully saturated rings. The third-order valence-electron chi connectivity index (χ3n) is 7.77. The molecule has 2 amide bonds. The molecule has 0 radical (unpaired) electrons. The molecule has 1 saturated heterocycles. The van der Waals surface area contributed by atoms with Gasteiger partial charge in [0.2, 0.25) is 17.8 Å². The molecule has 7 nitrogen and oxygen atoms in total. The summed E-state index contributed by atoms with van der Waals surface area (Å²) >= 11 is 0. The van der Waals surface area contributed by atoms with Crippen LogP contribution in [0.1, 0.15) is 115 Å². The van der Waals surface area contributed by atoms with Gasteiger partial charge in [-0.2, -0.15) is 4.98 Å².